The fourth-order valence-corrected chi connectivity index (χ4v) is 1.27. The molecule has 0 aromatic carbocycles. The fourth-order valence-electron chi connectivity index (χ4n) is 0.464. The van der Waals surface area contributed by atoms with Crippen LogP contribution in [0.2, 0.25) is 0 Å². The molecule has 0 radical (unpaired) electrons. The number of ether oxygens (including phenoxy) is 2. The molecule has 0 heterocycles. The van der Waals surface area contributed by atoms with Gasteiger partial charge in [0.15, 0.2) is 0 Å². The molecule has 0 aromatic heterocycles. The van der Waals surface area contributed by atoms with Crippen molar-refractivity contribution in [2.24, 2.45) is 0 Å². The monoisotopic (exact) mass is 302 g/mol. The number of esters is 2. The number of carbonyl (C=O) groups is 2. The second-order valence-electron chi connectivity index (χ2n) is 1.85. The summed E-state index contributed by atoms with van der Waals surface area (Å²) in [4.78, 5) is 20.3. The minimum absolute atomic E-state index is 0.526. The van der Waals surface area contributed by atoms with E-state index in [-0.39, 0.29) is 0 Å². The summed E-state index contributed by atoms with van der Waals surface area (Å²) in [7, 11) is 2.49. The van der Waals surface area contributed by atoms with E-state index in [0.717, 1.165) is 0 Å². The second-order valence-corrected chi connectivity index (χ2v) is 3.82. The number of halogens is 2. The Balaban J connectivity index is 4.18. The molecule has 0 saturated carbocycles. The van der Waals surface area contributed by atoms with Crippen LogP contribution in [0, 0.1) is 0 Å². The molecule has 12 heavy (non-hydrogen) atoms. The van der Waals surface area contributed by atoms with Crippen LogP contribution in [-0.4, -0.2) is 35.8 Å². The number of rotatable bonds is 3. The Morgan fingerprint density at radius 2 is 1.25 bits per heavy atom. The minimum Gasteiger partial charge on any atom is -0.468 e. The fraction of sp³-hybridized carbons (Fsp3) is 0.667. The van der Waals surface area contributed by atoms with Crippen LogP contribution in [0.1, 0.15) is 0 Å². The maximum absolute atomic E-state index is 10.9. The van der Waals surface area contributed by atoms with E-state index in [1.807, 2.05) is 0 Å². The summed E-state index contributed by atoms with van der Waals surface area (Å²) in [6.45, 7) is 0. The van der Waals surface area contributed by atoms with Crippen molar-refractivity contribution < 1.29 is 19.1 Å². The van der Waals surface area contributed by atoms with Gasteiger partial charge in [0.2, 0.25) is 0 Å². The maximum Gasteiger partial charge on any atom is 0.321 e. The number of hydrogen-bond donors (Lipinski definition) is 0. The molecule has 2 atom stereocenters. The van der Waals surface area contributed by atoms with Crippen molar-refractivity contribution in [1.29, 1.82) is 0 Å². The van der Waals surface area contributed by atoms with E-state index in [1.165, 1.54) is 14.2 Å². The molecule has 0 saturated heterocycles. The van der Waals surface area contributed by atoms with Crippen LogP contribution in [0.3, 0.4) is 0 Å². The highest BCUT2D eigenvalue weighted by Crippen LogP contribution is 2.16. The lowest BCUT2D eigenvalue weighted by molar-refractivity contribution is -0.145. The molecule has 0 rings (SSSR count). The Kier molecular flexibility index (Phi) is 5.48. The largest absolute Gasteiger partial charge is 0.468 e. The van der Waals surface area contributed by atoms with Crippen LogP contribution < -0.4 is 0 Å². The first-order valence-corrected chi connectivity index (χ1v) is 4.81. The highest BCUT2D eigenvalue weighted by atomic mass is 79.9. The molecule has 0 aliphatic heterocycles. The first-order chi connectivity index (χ1) is 5.54. The van der Waals surface area contributed by atoms with Crippen LogP contribution in [0.5, 0.6) is 0 Å². The summed E-state index contributed by atoms with van der Waals surface area (Å²) >= 11 is 5.98. The van der Waals surface area contributed by atoms with E-state index in [0.29, 0.717) is 0 Å². The Bertz CT molecular complexity index is 162. The molecule has 0 fully saturated rings. The van der Waals surface area contributed by atoms with E-state index in [9.17, 15) is 9.59 Å². The van der Waals surface area contributed by atoms with E-state index >= 15 is 0 Å². The van der Waals surface area contributed by atoms with E-state index in [4.69, 9.17) is 0 Å². The van der Waals surface area contributed by atoms with Crippen molar-refractivity contribution in [3.8, 4) is 0 Å². The lowest BCUT2D eigenvalue weighted by atomic mass is 10.3. The Hall–Kier alpha value is -0.100. The first-order valence-electron chi connectivity index (χ1n) is 2.98. The highest BCUT2D eigenvalue weighted by molar-refractivity contribution is 9.12. The van der Waals surface area contributed by atoms with Gasteiger partial charge in [0.05, 0.1) is 14.2 Å². The molecule has 0 aliphatic carbocycles. The van der Waals surface area contributed by atoms with Crippen LogP contribution in [0.15, 0.2) is 0 Å². The van der Waals surface area contributed by atoms with Gasteiger partial charge < -0.3 is 9.47 Å². The molecule has 0 spiro atoms. The van der Waals surface area contributed by atoms with Crippen LogP contribution >= 0.6 is 31.9 Å². The highest BCUT2D eigenvalue weighted by Gasteiger charge is 2.30. The van der Waals surface area contributed by atoms with Gasteiger partial charge in [0, 0.05) is 0 Å². The van der Waals surface area contributed by atoms with Crippen LogP contribution in [0.25, 0.3) is 0 Å². The predicted octanol–water partition coefficient (Wildman–Crippen LogP) is 0.859. The molecule has 70 valence electrons. The molecule has 0 unspecified atom stereocenters. The van der Waals surface area contributed by atoms with Crippen molar-refractivity contribution >= 4 is 43.8 Å². The second kappa shape index (κ2) is 5.53. The summed E-state index contributed by atoms with van der Waals surface area (Å²) in [6, 6.07) is 0. The third kappa shape index (κ3) is 3.10. The molecule has 0 aromatic rings. The lowest BCUT2D eigenvalue weighted by Crippen LogP contribution is -2.32. The van der Waals surface area contributed by atoms with Crippen molar-refractivity contribution in [3.63, 3.8) is 0 Å². The van der Waals surface area contributed by atoms with Gasteiger partial charge in [-0.3, -0.25) is 9.59 Å². The Morgan fingerprint density at radius 1 is 1.00 bits per heavy atom. The van der Waals surface area contributed by atoms with Crippen molar-refractivity contribution in [2.45, 2.75) is 9.65 Å². The van der Waals surface area contributed by atoms with Gasteiger partial charge in [-0.2, -0.15) is 0 Å². The smallest absolute Gasteiger partial charge is 0.321 e. The first kappa shape index (κ1) is 11.9. The number of carbonyl (C=O) groups excluding carboxylic acids is 2. The molecule has 4 nitrogen and oxygen atoms in total. The van der Waals surface area contributed by atoms with Crippen LogP contribution in [-0.2, 0) is 19.1 Å². The third-order valence-electron chi connectivity index (χ3n) is 1.11. The zero-order chi connectivity index (χ0) is 9.72. The average Bonchev–Trinajstić information content (AvgIpc) is 2.12. The zero-order valence-corrected chi connectivity index (χ0v) is 9.72. The summed E-state index contributed by atoms with van der Waals surface area (Å²) in [5.74, 6) is -1.05. The summed E-state index contributed by atoms with van der Waals surface area (Å²) in [6.07, 6.45) is 0. The molecule has 0 amide bonds. The normalized spacial score (nSPS) is 14.7. The van der Waals surface area contributed by atoms with Crippen LogP contribution in [0.4, 0.5) is 0 Å². The predicted molar refractivity (Wildman–Crippen MR) is 49.5 cm³/mol. The molecular weight excluding hydrogens is 296 g/mol. The van der Waals surface area contributed by atoms with Crippen molar-refractivity contribution in [2.75, 3.05) is 14.2 Å². The van der Waals surface area contributed by atoms with Gasteiger partial charge in [0.1, 0.15) is 9.65 Å². The van der Waals surface area contributed by atoms with Gasteiger partial charge in [-0.15, -0.1) is 0 Å². The molecule has 6 heteroatoms. The standard InChI is InChI=1S/C6H8Br2O4/c1-11-5(9)3(7)4(8)6(10)12-2/h3-4H,1-2H3/t3-,4+. The number of hydrogen-bond acceptors (Lipinski definition) is 4. The van der Waals surface area contributed by atoms with Gasteiger partial charge in [-0.1, -0.05) is 31.9 Å². The molecule has 0 N–H and O–H groups in total. The SMILES string of the molecule is COC(=O)[C@@H](Br)[C@@H](Br)C(=O)OC. The maximum atomic E-state index is 10.9. The summed E-state index contributed by atoms with van der Waals surface area (Å²) in [5.41, 5.74) is 0. The number of methoxy groups -OCH3 is 2. The topological polar surface area (TPSA) is 52.6 Å². The Morgan fingerprint density at radius 3 is 1.42 bits per heavy atom. The minimum atomic E-state index is -0.727. The van der Waals surface area contributed by atoms with Gasteiger partial charge in [-0.25, -0.2) is 0 Å². The summed E-state index contributed by atoms with van der Waals surface area (Å²) < 4.78 is 8.81. The van der Waals surface area contributed by atoms with Crippen molar-refractivity contribution in [1.82, 2.24) is 0 Å². The quantitative estimate of drug-likeness (QED) is 0.573. The lowest BCUT2D eigenvalue weighted by Gasteiger charge is -2.11. The average molecular weight is 304 g/mol. The molecule has 0 bridgehead atoms. The summed E-state index contributed by atoms with van der Waals surface area (Å²) in [5, 5.41) is 0. The number of alkyl halides is 2. The Labute approximate surface area is 86.8 Å². The molecule has 0 aliphatic rings. The zero-order valence-electron chi connectivity index (χ0n) is 6.54. The van der Waals surface area contributed by atoms with E-state index < -0.39 is 21.6 Å². The van der Waals surface area contributed by atoms with Gasteiger partial charge in [0.25, 0.3) is 0 Å². The van der Waals surface area contributed by atoms with Gasteiger partial charge >= 0.3 is 11.9 Å². The van der Waals surface area contributed by atoms with Gasteiger partial charge in [-0.05, 0) is 0 Å². The van der Waals surface area contributed by atoms with Crippen molar-refractivity contribution in [3.05, 3.63) is 0 Å². The molecular formula is C6H8Br2O4. The third-order valence-corrected chi connectivity index (χ3v) is 3.62. The van der Waals surface area contributed by atoms with E-state index in [2.05, 4.69) is 41.3 Å². The van der Waals surface area contributed by atoms with E-state index in [1.54, 1.807) is 0 Å².